The lowest BCUT2D eigenvalue weighted by atomic mass is 10.2. The first-order valence-electron chi connectivity index (χ1n) is 6.91. The minimum absolute atomic E-state index is 0.186. The maximum atomic E-state index is 12.8. The van der Waals surface area contributed by atoms with Crippen LogP contribution in [0, 0.1) is 0 Å². The topological polar surface area (TPSA) is 49.4 Å². The van der Waals surface area contributed by atoms with Crippen molar-refractivity contribution < 1.29 is 8.42 Å². The summed E-state index contributed by atoms with van der Waals surface area (Å²) in [6, 6.07) is 4.27. The second kappa shape index (κ2) is 5.52. The molecule has 1 saturated carbocycles. The molecule has 1 aliphatic heterocycles. The number of rotatable bonds is 5. The van der Waals surface area contributed by atoms with Gasteiger partial charge in [0.05, 0.1) is 5.25 Å². The molecule has 106 valence electrons. The van der Waals surface area contributed by atoms with E-state index in [-0.39, 0.29) is 11.3 Å². The fourth-order valence-corrected chi connectivity index (χ4v) is 5.57. The van der Waals surface area contributed by atoms with Crippen LogP contribution in [0.15, 0.2) is 17.5 Å². The van der Waals surface area contributed by atoms with E-state index in [1.165, 1.54) is 0 Å². The molecule has 0 amide bonds. The molecule has 0 atom stereocenters. The molecule has 6 heteroatoms. The molecule has 2 fully saturated rings. The maximum Gasteiger partial charge on any atom is 0.217 e. The van der Waals surface area contributed by atoms with Crippen LogP contribution in [0.2, 0.25) is 0 Å². The van der Waals surface area contributed by atoms with E-state index >= 15 is 0 Å². The lowest BCUT2D eigenvalue weighted by molar-refractivity contribution is 0.381. The zero-order chi connectivity index (χ0) is 13.3. The first-order valence-corrected chi connectivity index (χ1v) is 9.30. The standard InChI is InChI=1S/C13H20N2O2S2/c16-19(17,13-5-7-14-8-6-13)15(11-3-4-11)10-12-2-1-9-18-12/h1-2,9,11,13-14H,3-8,10H2. The Morgan fingerprint density at radius 3 is 2.58 bits per heavy atom. The van der Waals surface area contributed by atoms with E-state index in [1.807, 2.05) is 17.5 Å². The van der Waals surface area contributed by atoms with Crippen LogP contribution in [-0.4, -0.2) is 37.1 Å². The lowest BCUT2D eigenvalue weighted by Crippen LogP contribution is -2.44. The summed E-state index contributed by atoms with van der Waals surface area (Å²) in [5, 5.41) is 5.06. The molecule has 1 N–H and O–H groups in total. The van der Waals surface area contributed by atoms with Crippen LogP contribution in [0.4, 0.5) is 0 Å². The summed E-state index contributed by atoms with van der Waals surface area (Å²) in [5.74, 6) is 0. The highest BCUT2D eigenvalue weighted by Gasteiger charge is 2.41. The first-order chi connectivity index (χ1) is 9.18. The summed E-state index contributed by atoms with van der Waals surface area (Å²) in [4.78, 5) is 1.14. The number of piperidine rings is 1. The third kappa shape index (κ3) is 3.02. The summed E-state index contributed by atoms with van der Waals surface area (Å²) in [7, 11) is -3.14. The predicted octanol–water partition coefficient (Wildman–Crippen LogP) is 1.79. The van der Waals surface area contributed by atoms with Crippen LogP contribution >= 0.6 is 11.3 Å². The quantitative estimate of drug-likeness (QED) is 0.902. The highest BCUT2D eigenvalue weighted by atomic mass is 32.2. The Kier molecular flexibility index (Phi) is 3.93. The van der Waals surface area contributed by atoms with Crippen molar-refractivity contribution in [1.82, 2.24) is 9.62 Å². The largest absolute Gasteiger partial charge is 0.317 e. The molecule has 2 heterocycles. The van der Waals surface area contributed by atoms with E-state index in [1.54, 1.807) is 15.6 Å². The number of nitrogens with zero attached hydrogens (tertiary/aromatic N) is 1. The fraction of sp³-hybridized carbons (Fsp3) is 0.692. The molecule has 0 radical (unpaired) electrons. The van der Waals surface area contributed by atoms with Gasteiger partial charge in [0.1, 0.15) is 0 Å². The van der Waals surface area contributed by atoms with Gasteiger partial charge < -0.3 is 5.32 Å². The molecule has 0 spiro atoms. The van der Waals surface area contributed by atoms with Gasteiger partial charge in [-0.2, -0.15) is 4.31 Å². The Morgan fingerprint density at radius 1 is 1.26 bits per heavy atom. The Balaban J connectivity index is 1.78. The molecule has 1 aromatic rings. The summed E-state index contributed by atoms with van der Waals surface area (Å²) >= 11 is 1.64. The van der Waals surface area contributed by atoms with Crippen molar-refractivity contribution in [2.45, 2.75) is 43.5 Å². The number of hydrogen-bond donors (Lipinski definition) is 1. The minimum Gasteiger partial charge on any atom is -0.317 e. The molecular weight excluding hydrogens is 280 g/mol. The van der Waals surface area contributed by atoms with Crippen molar-refractivity contribution in [3.8, 4) is 0 Å². The molecule has 1 aromatic heterocycles. The van der Waals surface area contributed by atoms with Crippen molar-refractivity contribution in [1.29, 1.82) is 0 Å². The fourth-order valence-electron chi connectivity index (χ4n) is 2.63. The zero-order valence-electron chi connectivity index (χ0n) is 10.9. The van der Waals surface area contributed by atoms with Crippen molar-refractivity contribution >= 4 is 21.4 Å². The summed E-state index contributed by atoms with van der Waals surface area (Å²) < 4.78 is 27.4. The van der Waals surface area contributed by atoms with Crippen LogP contribution < -0.4 is 5.32 Å². The van der Waals surface area contributed by atoms with Gasteiger partial charge in [0, 0.05) is 17.5 Å². The Bertz CT molecular complexity index is 503. The Hall–Kier alpha value is -0.430. The molecule has 0 unspecified atom stereocenters. The van der Waals surface area contributed by atoms with Crippen LogP contribution in [0.5, 0.6) is 0 Å². The third-order valence-corrected chi connectivity index (χ3v) is 7.14. The SMILES string of the molecule is O=S(=O)(C1CCNCC1)N(Cc1cccs1)C1CC1. The van der Waals surface area contributed by atoms with E-state index in [0.717, 1.165) is 43.6 Å². The van der Waals surface area contributed by atoms with Gasteiger partial charge in [0.2, 0.25) is 10.0 Å². The second-order valence-electron chi connectivity index (χ2n) is 5.35. The number of sulfonamides is 1. The summed E-state index contributed by atoms with van der Waals surface area (Å²) in [6.07, 6.45) is 3.54. The van der Waals surface area contributed by atoms with Crippen molar-refractivity contribution in [2.24, 2.45) is 0 Å². The lowest BCUT2D eigenvalue weighted by Gasteiger charge is -2.29. The number of hydrogen-bond acceptors (Lipinski definition) is 4. The molecule has 1 aliphatic carbocycles. The molecule has 2 aliphatic rings. The molecular formula is C13H20N2O2S2. The molecule has 3 rings (SSSR count). The van der Waals surface area contributed by atoms with Crippen LogP contribution in [0.1, 0.15) is 30.6 Å². The van der Waals surface area contributed by atoms with Gasteiger partial charge in [-0.1, -0.05) is 6.07 Å². The summed E-state index contributed by atoms with van der Waals surface area (Å²) in [6.45, 7) is 2.21. The Labute approximate surface area is 118 Å². The monoisotopic (exact) mass is 300 g/mol. The van der Waals surface area contributed by atoms with Crippen LogP contribution in [0.25, 0.3) is 0 Å². The van der Waals surface area contributed by atoms with Gasteiger partial charge in [-0.25, -0.2) is 8.42 Å². The van der Waals surface area contributed by atoms with E-state index < -0.39 is 10.0 Å². The molecule has 4 nitrogen and oxygen atoms in total. The highest BCUT2D eigenvalue weighted by molar-refractivity contribution is 7.89. The average molecular weight is 300 g/mol. The van der Waals surface area contributed by atoms with Gasteiger partial charge in [0.15, 0.2) is 0 Å². The van der Waals surface area contributed by atoms with Gasteiger partial charge >= 0.3 is 0 Å². The molecule has 0 aromatic carbocycles. The highest BCUT2D eigenvalue weighted by Crippen LogP contribution is 2.34. The van der Waals surface area contributed by atoms with Crippen LogP contribution in [-0.2, 0) is 16.6 Å². The summed E-state index contributed by atoms with van der Waals surface area (Å²) in [5.41, 5.74) is 0. The average Bonchev–Trinajstić information content (AvgIpc) is 3.13. The molecule has 19 heavy (non-hydrogen) atoms. The number of nitrogens with one attached hydrogen (secondary N) is 1. The zero-order valence-corrected chi connectivity index (χ0v) is 12.5. The Morgan fingerprint density at radius 2 is 2.00 bits per heavy atom. The third-order valence-electron chi connectivity index (χ3n) is 3.88. The van der Waals surface area contributed by atoms with E-state index in [9.17, 15) is 8.42 Å². The van der Waals surface area contributed by atoms with Gasteiger partial charge in [-0.05, 0) is 50.2 Å². The van der Waals surface area contributed by atoms with Crippen molar-refractivity contribution in [2.75, 3.05) is 13.1 Å². The van der Waals surface area contributed by atoms with Gasteiger partial charge in [-0.3, -0.25) is 0 Å². The van der Waals surface area contributed by atoms with Crippen molar-refractivity contribution in [3.63, 3.8) is 0 Å². The van der Waals surface area contributed by atoms with Gasteiger partial charge in [-0.15, -0.1) is 11.3 Å². The van der Waals surface area contributed by atoms with E-state index in [2.05, 4.69) is 5.32 Å². The smallest absolute Gasteiger partial charge is 0.217 e. The van der Waals surface area contributed by atoms with Crippen molar-refractivity contribution in [3.05, 3.63) is 22.4 Å². The second-order valence-corrected chi connectivity index (χ2v) is 8.55. The van der Waals surface area contributed by atoms with E-state index in [0.29, 0.717) is 6.54 Å². The molecule has 0 bridgehead atoms. The van der Waals surface area contributed by atoms with E-state index in [4.69, 9.17) is 0 Å². The normalized spacial score (nSPS) is 21.9. The maximum absolute atomic E-state index is 12.8. The van der Waals surface area contributed by atoms with Crippen LogP contribution in [0.3, 0.4) is 0 Å². The first kappa shape index (κ1) is 13.5. The predicted molar refractivity (Wildman–Crippen MR) is 77.7 cm³/mol. The molecule has 1 saturated heterocycles. The minimum atomic E-state index is -3.14. The van der Waals surface area contributed by atoms with Gasteiger partial charge in [0.25, 0.3) is 0 Å². The number of thiophene rings is 1.